The Morgan fingerprint density at radius 1 is 1.22 bits per heavy atom. The number of hydrogen-bond acceptors (Lipinski definition) is 3. The van der Waals surface area contributed by atoms with Crippen molar-refractivity contribution in [2.45, 2.75) is 31.5 Å². The molecule has 3 unspecified atom stereocenters. The normalized spacial score (nSPS) is 19.8. The van der Waals surface area contributed by atoms with Crippen molar-refractivity contribution >= 4 is 40.7 Å². The molecule has 0 saturated carbocycles. The van der Waals surface area contributed by atoms with Crippen molar-refractivity contribution in [1.82, 2.24) is 10.2 Å². The van der Waals surface area contributed by atoms with Gasteiger partial charge in [-0.15, -0.1) is 0 Å². The van der Waals surface area contributed by atoms with Crippen LogP contribution in [0.4, 0.5) is 0 Å². The third kappa shape index (κ3) is 4.58. The Morgan fingerprint density at radius 2 is 1.89 bits per heavy atom. The van der Waals surface area contributed by atoms with E-state index in [-0.39, 0.29) is 24.5 Å². The summed E-state index contributed by atoms with van der Waals surface area (Å²) in [4.78, 5) is 14.3. The molecule has 27 heavy (non-hydrogen) atoms. The first kappa shape index (κ1) is 20.4. The quantitative estimate of drug-likeness (QED) is 0.743. The summed E-state index contributed by atoms with van der Waals surface area (Å²) >= 11 is 18.3. The van der Waals surface area contributed by atoms with Crippen LogP contribution < -0.4 is 5.32 Å². The van der Waals surface area contributed by atoms with Gasteiger partial charge < -0.3 is 10.4 Å². The lowest BCUT2D eigenvalue weighted by Gasteiger charge is -2.28. The molecule has 2 aromatic carbocycles. The first-order valence-electron chi connectivity index (χ1n) is 8.67. The largest absolute Gasteiger partial charge is 0.391 e. The Bertz CT molecular complexity index is 842. The van der Waals surface area contributed by atoms with E-state index in [1.54, 1.807) is 18.2 Å². The molecule has 0 spiro atoms. The number of aliphatic hydroxyl groups is 1. The fourth-order valence-corrected chi connectivity index (χ4v) is 4.32. The Hall–Kier alpha value is -1.30. The number of carbonyl (C=O) groups excluding carboxylic acids is 1. The number of aliphatic hydroxyl groups excluding tert-OH is 1. The van der Waals surface area contributed by atoms with Crippen LogP contribution in [-0.4, -0.2) is 35.6 Å². The molecule has 1 amide bonds. The molecule has 7 heteroatoms. The van der Waals surface area contributed by atoms with Gasteiger partial charge in [0.2, 0.25) is 5.91 Å². The zero-order valence-electron chi connectivity index (χ0n) is 15.0. The second-order valence-corrected chi connectivity index (χ2v) is 8.21. The average molecular weight is 428 g/mol. The van der Waals surface area contributed by atoms with E-state index in [4.69, 9.17) is 34.8 Å². The standard InChI is InChI=1S/C20H21Cl3N2O2/c1-11(12-3-5-13(21)6-4-12)24-19(27)10-25(2)20-16-7-14(22)8-17(23)15(16)9-18(20)26/h3-8,11,18,20,26H,9-10H2,1-2H3,(H,24,27). The highest BCUT2D eigenvalue weighted by Gasteiger charge is 2.36. The molecule has 0 aliphatic heterocycles. The Morgan fingerprint density at radius 3 is 2.56 bits per heavy atom. The number of fused-ring (bicyclic) bond motifs is 1. The number of likely N-dealkylation sites (N-methyl/N-ethyl adjacent to an activating group) is 1. The molecule has 4 nitrogen and oxygen atoms in total. The number of nitrogens with one attached hydrogen (secondary N) is 1. The number of benzene rings is 2. The van der Waals surface area contributed by atoms with E-state index in [0.29, 0.717) is 21.5 Å². The van der Waals surface area contributed by atoms with Gasteiger partial charge in [-0.05, 0) is 54.9 Å². The van der Waals surface area contributed by atoms with Crippen molar-refractivity contribution in [3.63, 3.8) is 0 Å². The van der Waals surface area contributed by atoms with E-state index in [1.165, 1.54) is 0 Å². The van der Waals surface area contributed by atoms with Crippen LogP contribution in [-0.2, 0) is 11.2 Å². The summed E-state index contributed by atoms with van der Waals surface area (Å²) in [6.07, 6.45) is -0.189. The fourth-order valence-electron chi connectivity index (χ4n) is 3.61. The van der Waals surface area contributed by atoms with Crippen LogP contribution in [0.1, 0.15) is 35.7 Å². The minimum Gasteiger partial charge on any atom is -0.391 e. The molecule has 0 fully saturated rings. The molecule has 1 aliphatic rings. The maximum Gasteiger partial charge on any atom is 0.234 e. The maximum absolute atomic E-state index is 12.5. The maximum atomic E-state index is 12.5. The summed E-state index contributed by atoms with van der Waals surface area (Å²) in [7, 11) is 1.81. The van der Waals surface area contributed by atoms with Crippen LogP contribution in [0.2, 0.25) is 15.1 Å². The van der Waals surface area contributed by atoms with Gasteiger partial charge in [-0.2, -0.15) is 0 Å². The lowest BCUT2D eigenvalue weighted by Crippen LogP contribution is -2.40. The van der Waals surface area contributed by atoms with Gasteiger partial charge in [0.15, 0.2) is 0 Å². The monoisotopic (exact) mass is 426 g/mol. The minimum atomic E-state index is -0.637. The lowest BCUT2D eigenvalue weighted by atomic mass is 10.1. The Kier molecular flexibility index (Phi) is 6.34. The molecule has 0 saturated heterocycles. The van der Waals surface area contributed by atoms with Crippen LogP contribution in [0.5, 0.6) is 0 Å². The summed E-state index contributed by atoms with van der Waals surface area (Å²) in [6, 6.07) is 10.4. The van der Waals surface area contributed by atoms with E-state index in [0.717, 1.165) is 16.7 Å². The van der Waals surface area contributed by atoms with Crippen molar-refractivity contribution in [1.29, 1.82) is 0 Å². The van der Waals surface area contributed by atoms with E-state index < -0.39 is 6.10 Å². The number of rotatable bonds is 5. The molecule has 3 rings (SSSR count). The summed E-state index contributed by atoms with van der Waals surface area (Å²) in [5.41, 5.74) is 2.74. The van der Waals surface area contributed by atoms with Gasteiger partial charge >= 0.3 is 0 Å². The highest BCUT2D eigenvalue weighted by Crippen LogP contribution is 2.40. The second-order valence-electron chi connectivity index (χ2n) is 6.93. The van der Waals surface area contributed by atoms with Crippen LogP contribution >= 0.6 is 34.8 Å². The second kappa shape index (κ2) is 8.38. The van der Waals surface area contributed by atoms with Crippen LogP contribution in [0.3, 0.4) is 0 Å². The van der Waals surface area contributed by atoms with Gasteiger partial charge in [0.1, 0.15) is 0 Å². The zero-order chi connectivity index (χ0) is 19.7. The third-order valence-corrected chi connectivity index (χ3v) is 5.71. The Labute approximate surface area is 174 Å². The van der Waals surface area contributed by atoms with E-state index >= 15 is 0 Å². The van der Waals surface area contributed by atoms with E-state index in [9.17, 15) is 9.90 Å². The van der Waals surface area contributed by atoms with Gasteiger partial charge in [0, 0.05) is 21.5 Å². The van der Waals surface area contributed by atoms with Crippen LogP contribution in [0.25, 0.3) is 0 Å². The number of amides is 1. The lowest BCUT2D eigenvalue weighted by molar-refractivity contribution is -0.123. The van der Waals surface area contributed by atoms with Crippen molar-refractivity contribution in [3.8, 4) is 0 Å². The predicted octanol–water partition coefficient (Wildman–Crippen LogP) is 4.41. The average Bonchev–Trinajstić information content (AvgIpc) is 2.91. The number of hydrogen-bond donors (Lipinski definition) is 2. The summed E-state index contributed by atoms with van der Waals surface area (Å²) in [6.45, 7) is 2.06. The number of carbonyl (C=O) groups is 1. The number of halogens is 3. The number of nitrogens with zero attached hydrogens (tertiary/aromatic N) is 1. The van der Waals surface area contributed by atoms with Crippen LogP contribution in [0.15, 0.2) is 36.4 Å². The van der Waals surface area contributed by atoms with Gasteiger partial charge in [-0.25, -0.2) is 0 Å². The molecule has 144 valence electrons. The van der Waals surface area contributed by atoms with Gasteiger partial charge in [0.25, 0.3) is 0 Å². The molecular weight excluding hydrogens is 407 g/mol. The highest BCUT2D eigenvalue weighted by molar-refractivity contribution is 6.35. The molecule has 3 atom stereocenters. The third-order valence-electron chi connectivity index (χ3n) is 4.91. The fraction of sp³-hybridized carbons (Fsp3) is 0.350. The first-order chi connectivity index (χ1) is 12.8. The van der Waals surface area contributed by atoms with Crippen molar-refractivity contribution in [2.24, 2.45) is 0 Å². The SMILES string of the molecule is CC(NC(=O)CN(C)C1c2cc(Cl)cc(Cl)c2CC1O)c1ccc(Cl)cc1. The van der Waals surface area contributed by atoms with Gasteiger partial charge in [-0.1, -0.05) is 46.9 Å². The molecular formula is C20H21Cl3N2O2. The molecule has 1 aliphatic carbocycles. The van der Waals surface area contributed by atoms with Crippen LogP contribution in [0, 0.1) is 0 Å². The molecule has 0 aromatic heterocycles. The minimum absolute atomic E-state index is 0.131. The molecule has 0 radical (unpaired) electrons. The van der Waals surface area contributed by atoms with Gasteiger partial charge in [0.05, 0.1) is 24.7 Å². The summed E-state index contributed by atoms with van der Waals surface area (Å²) in [5, 5.41) is 15.2. The molecule has 0 heterocycles. The summed E-state index contributed by atoms with van der Waals surface area (Å²) in [5.74, 6) is -0.131. The smallest absolute Gasteiger partial charge is 0.234 e. The van der Waals surface area contributed by atoms with Crippen molar-refractivity contribution in [3.05, 3.63) is 68.2 Å². The predicted molar refractivity (Wildman–Crippen MR) is 110 cm³/mol. The van der Waals surface area contributed by atoms with E-state index in [1.807, 2.05) is 37.1 Å². The highest BCUT2D eigenvalue weighted by atomic mass is 35.5. The zero-order valence-corrected chi connectivity index (χ0v) is 17.3. The first-order valence-corrected chi connectivity index (χ1v) is 9.80. The Balaban J connectivity index is 1.68. The van der Waals surface area contributed by atoms with E-state index in [2.05, 4.69) is 5.32 Å². The summed E-state index contributed by atoms with van der Waals surface area (Å²) < 4.78 is 0. The molecule has 0 bridgehead atoms. The molecule has 2 aromatic rings. The van der Waals surface area contributed by atoms with Crippen molar-refractivity contribution < 1.29 is 9.90 Å². The molecule has 2 N–H and O–H groups in total. The topological polar surface area (TPSA) is 52.6 Å². The van der Waals surface area contributed by atoms with Gasteiger partial charge in [-0.3, -0.25) is 9.69 Å². The van der Waals surface area contributed by atoms with Crippen molar-refractivity contribution in [2.75, 3.05) is 13.6 Å².